The lowest BCUT2D eigenvalue weighted by Gasteiger charge is -2.14. The third-order valence-electron chi connectivity index (χ3n) is 5.43. The predicted molar refractivity (Wildman–Crippen MR) is 127 cm³/mol. The monoisotopic (exact) mass is 443 g/mol. The van der Waals surface area contributed by atoms with Gasteiger partial charge >= 0.3 is 5.63 Å². The van der Waals surface area contributed by atoms with Gasteiger partial charge in [-0.2, -0.15) is 0 Å². The van der Waals surface area contributed by atoms with Crippen molar-refractivity contribution in [1.82, 2.24) is 0 Å². The molecule has 0 fully saturated rings. The summed E-state index contributed by atoms with van der Waals surface area (Å²) in [6, 6.07) is 20.4. The number of benzene rings is 3. The molecule has 0 saturated heterocycles. The van der Waals surface area contributed by atoms with Crippen LogP contribution in [0.5, 0.6) is 17.2 Å². The van der Waals surface area contributed by atoms with Crippen LogP contribution in [0.1, 0.15) is 0 Å². The third kappa shape index (κ3) is 3.43. The van der Waals surface area contributed by atoms with Crippen LogP contribution in [-0.4, -0.2) is 21.3 Å². The van der Waals surface area contributed by atoms with E-state index in [1.54, 1.807) is 32.4 Å². The zero-order valence-electron chi connectivity index (χ0n) is 18.3. The molecule has 166 valence electrons. The molecule has 5 rings (SSSR count). The number of nitrogens with one attached hydrogen (secondary N) is 1. The van der Waals surface area contributed by atoms with Gasteiger partial charge in [-0.3, -0.25) is 0 Å². The van der Waals surface area contributed by atoms with Crippen molar-refractivity contribution in [2.45, 2.75) is 0 Å². The van der Waals surface area contributed by atoms with E-state index in [4.69, 9.17) is 23.0 Å². The normalized spacial score (nSPS) is 11.0. The zero-order valence-corrected chi connectivity index (χ0v) is 18.3. The molecule has 0 aliphatic rings. The zero-order chi connectivity index (χ0) is 22.9. The second kappa shape index (κ2) is 8.27. The van der Waals surface area contributed by atoms with Crippen LogP contribution in [0.15, 0.2) is 80.4 Å². The molecule has 1 N–H and O–H groups in total. The fourth-order valence-electron chi connectivity index (χ4n) is 3.95. The van der Waals surface area contributed by atoms with E-state index in [0.717, 1.165) is 5.69 Å². The van der Waals surface area contributed by atoms with E-state index >= 15 is 0 Å². The van der Waals surface area contributed by atoms with Crippen molar-refractivity contribution in [3.8, 4) is 28.4 Å². The summed E-state index contributed by atoms with van der Waals surface area (Å²) >= 11 is 0. The van der Waals surface area contributed by atoms with Crippen molar-refractivity contribution >= 4 is 33.5 Å². The molecule has 7 nitrogen and oxygen atoms in total. The number of methoxy groups -OCH3 is 3. The predicted octanol–water partition coefficient (Wildman–Crippen LogP) is 5.98. The van der Waals surface area contributed by atoms with Gasteiger partial charge in [-0.1, -0.05) is 30.3 Å². The first kappa shape index (κ1) is 20.5. The highest BCUT2D eigenvalue weighted by Gasteiger charge is 2.25. The number of rotatable bonds is 6. The smallest absolute Gasteiger partial charge is 0.348 e. The molecule has 5 aromatic rings. The van der Waals surface area contributed by atoms with Gasteiger partial charge < -0.3 is 28.4 Å². The molecule has 0 bridgehead atoms. The molecule has 0 amide bonds. The Kier molecular flexibility index (Phi) is 5.14. The van der Waals surface area contributed by atoms with Crippen molar-refractivity contribution in [1.29, 1.82) is 0 Å². The van der Waals surface area contributed by atoms with Crippen LogP contribution in [0.25, 0.3) is 33.1 Å². The summed E-state index contributed by atoms with van der Waals surface area (Å²) in [5.41, 5.74) is 2.36. The van der Waals surface area contributed by atoms with Crippen LogP contribution >= 0.6 is 0 Å². The van der Waals surface area contributed by atoms with Crippen LogP contribution in [0.4, 0.5) is 11.6 Å². The van der Waals surface area contributed by atoms with Gasteiger partial charge in [0.05, 0.1) is 32.3 Å². The number of para-hydroxylation sites is 2. The van der Waals surface area contributed by atoms with Crippen LogP contribution in [0.2, 0.25) is 0 Å². The molecular weight excluding hydrogens is 422 g/mol. The van der Waals surface area contributed by atoms with E-state index in [1.165, 1.54) is 7.11 Å². The van der Waals surface area contributed by atoms with Crippen molar-refractivity contribution < 1.29 is 23.0 Å². The van der Waals surface area contributed by atoms with Gasteiger partial charge in [0.15, 0.2) is 17.1 Å². The van der Waals surface area contributed by atoms with Crippen LogP contribution in [0.3, 0.4) is 0 Å². The molecule has 0 radical (unpaired) electrons. The molecule has 2 aromatic heterocycles. The topological polar surface area (TPSA) is 83.1 Å². The quantitative estimate of drug-likeness (QED) is 0.323. The van der Waals surface area contributed by atoms with Crippen molar-refractivity contribution in [3.05, 3.63) is 77.2 Å². The van der Waals surface area contributed by atoms with Crippen LogP contribution in [-0.2, 0) is 0 Å². The van der Waals surface area contributed by atoms with Gasteiger partial charge in [0.1, 0.15) is 11.0 Å². The molecule has 0 spiro atoms. The number of hydrogen-bond acceptors (Lipinski definition) is 7. The van der Waals surface area contributed by atoms with E-state index < -0.39 is 5.63 Å². The SMILES string of the molecule is COc1cc(-c2c(Nc3ccccc3)oc3c2c(=O)oc2ccccc23)cc(OC)c1OC. The average molecular weight is 443 g/mol. The highest BCUT2D eigenvalue weighted by molar-refractivity contribution is 6.10. The second-order valence-electron chi connectivity index (χ2n) is 7.30. The number of hydrogen-bond donors (Lipinski definition) is 1. The number of furan rings is 1. The van der Waals surface area contributed by atoms with E-state index in [0.29, 0.717) is 56.2 Å². The second-order valence-corrected chi connectivity index (χ2v) is 7.30. The number of ether oxygens (including phenoxy) is 3. The summed E-state index contributed by atoms with van der Waals surface area (Å²) < 4.78 is 28.4. The van der Waals surface area contributed by atoms with Gasteiger partial charge in [0.2, 0.25) is 11.6 Å². The van der Waals surface area contributed by atoms with Gasteiger partial charge in [0.25, 0.3) is 0 Å². The van der Waals surface area contributed by atoms with Crippen molar-refractivity contribution in [2.24, 2.45) is 0 Å². The van der Waals surface area contributed by atoms with E-state index in [9.17, 15) is 4.79 Å². The Hall–Kier alpha value is -4.39. The van der Waals surface area contributed by atoms with Crippen molar-refractivity contribution in [2.75, 3.05) is 26.6 Å². The summed E-state index contributed by atoms with van der Waals surface area (Å²) in [5.74, 6) is 1.76. The Labute approximate surface area is 189 Å². The summed E-state index contributed by atoms with van der Waals surface area (Å²) in [6.07, 6.45) is 0. The molecule has 3 aromatic carbocycles. The molecule has 0 saturated carbocycles. The molecule has 0 aliphatic carbocycles. The summed E-state index contributed by atoms with van der Waals surface area (Å²) in [4.78, 5) is 13.1. The Morgan fingerprint density at radius 1 is 0.788 bits per heavy atom. The standard InChI is InChI=1S/C26H21NO6/c1-29-19-13-15(14-20(30-2)24(19)31-3)21-22-23(17-11-7-8-12-18(17)32-26(22)28)33-25(21)27-16-9-5-4-6-10-16/h4-14,27H,1-3H3. The average Bonchev–Trinajstić information content (AvgIpc) is 3.23. The van der Waals surface area contributed by atoms with Crippen LogP contribution in [0, 0.1) is 0 Å². The summed E-state index contributed by atoms with van der Waals surface area (Å²) in [7, 11) is 4.62. The first-order valence-electron chi connectivity index (χ1n) is 10.3. The molecule has 0 unspecified atom stereocenters. The molecule has 0 aliphatic heterocycles. The lowest BCUT2D eigenvalue weighted by Crippen LogP contribution is -2.01. The molecule has 2 heterocycles. The number of fused-ring (bicyclic) bond motifs is 3. The first-order chi connectivity index (χ1) is 16.1. The highest BCUT2D eigenvalue weighted by atomic mass is 16.5. The summed E-state index contributed by atoms with van der Waals surface area (Å²) in [6.45, 7) is 0. The fourth-order valence-corrected chi connectivity index (χ4v) is 3.95. The Morgan fingerprint density at radius 2 is 1.45 bits per heavy atom. The van der Waals surface area contributed by atoms with E-state index in [-0.39, 0.29) is 0 Å². The highest BCUT2D eigenvalue weighted by Crippen LogP contribution is 2.46. The number of anilines is 2. The van der Waals surface area contributed by atoms with E-state index in [1.807, 2.05) is 48.5 Å². The fraction of sp³-hybridized carbons (Fsp3) is 0.115. The van der Waals surface area contributed by atoms with Gasteiger partial charge in [-0.15, -0.1) is 0 Å². The Bertz CT molecular complexity index is 1490. The first-order valence-corrected chi connectivity index (χ1v) is 10.3. The summed E-state index contributed by atoms with van der Waals surface area (Å²) in [5, 5.41) is 4.31. The maximum absolute atomic E-state index is 13.1. The minimum atomic E-state index is -0.502. The lowest BCUT2D eigenvalue weighted by atomic mass is 10.0. The minimum absolute atomic E-state index is 0.321. The maximum Gasteiger partial charge on any atom is 0.348 e. The third-order valence-corrected chi connectivity index (χ3v) is 5.43. The molecule has 7 heteroatoms. The Morgan fingerprint density at radius 3 is 2.12 bits per heavy atom. The molecule has 0 atom stereocenters. The largest absolute Gasteiger partial charge is 0.493 e. The minimum Gasteiger partial charge on any atom is -0.493 e. The van der Waals surface area contributed by atoms with Gasteiger partial charge in [0, 0.05) is 5.69 Å². The van der Waals surface area contributed by atoms with E-state index in [2.05, 4.69) is 5.32 Å². The molecule has 33 heavy (non-hydrogen) atoms. The van der Waals surface area contributed by atoms with Crippen LogP contribution < -0.4 is 25.2 Å². The maximum atomic E-state index is 13.1. The molecular formula is C26H21NO6. The van der Waals surface area contributed by atoms with Crippen molar-refractivity contribution in [3.63, 3.8) is 0 Å². The lowest BCUT2D eigenvalue weighted by molar-refractivity contribution is 0.324. The van der Waals surface area contributed by atoms with Gasteiger partial charge in [-0.05, 0) is 42.0 Å². The van der Waals surface area contributed by atoms with Gasteiger partial charge in [-0.25, -0.2) is 4.79 Å². The Balaban J connectivity index is 1.86.